The summed E-state index contributed by atoms with van der Waals surface area (Å²) in [5, 5.41) is 6.69. The molecule has 0 saturated carbocycles. The third kappa shape index (κ3) is 10.4. The van der Waals surface area contributed by atoms with Crippen LogP contribution in [-0.4, -0.2) is 63.3 Å². The Hall–Kier alpha value is -0.0800. The number of likely N-dealkylation sites (tertiary alicyclic amines) is 1. The predicted molar refractivity (Wildman–Crippen MR) is 110 cm³/mol. The Morgan fingerprint density at radius 3 is 2.65 bits per heavy atom. The van der Waals surface area contributed by atoms with Crippen LogP contribution in [0.2, 0.25) is 0 Å². The first-order valence-electron chi connectivity index (χ1n) is 8.69. The Morgan fingerprint density at radius 2 is 2.04 bits per heavy atom. The number of aliphatic imine (C=N–C) groups is 1. The molecule has 0 aromatic rings. The van der Waals surface area contributed by atoms with E-state index in [1.807, 2.05) is 7.05 Å². The molecule has 1 aliphatic heterocycles. The van der Waals surface area contributed by atoms with Crippen molar-refractivity contribution in [3.63, 3.8) is 0 Å². The second-order valence-electron chi connectivity index (χ2n) is 7.07. The van der Waals surface area contributed by atoms with Crippen molar-refractivity contribution in [1.82, 2.24) is 15.5 Å². The Bertz CT molecular complexity index is 337. The van der Waals surface area contributed by atoms with E-state index in [0.717, 1.165) is 25.0 Å². The first kappa shape index (κ1) is 22.9. The van der Waals surface area contributed by atoms with E-state index in [4.69, 9.17) is 4.74 Å². The number of hydrogen-bond donors (Lipinski definition) is 2. The van der Waals surface area contributed by atoms with Crippen molar-refractivity contribution in [2.24, 2.45) is 10.9 Å². The van der Waals surface area contributed by atoms with Gasteiger partial charge in [-0.1, -0.05) is 6.92 Å². The van der Waals surface area contributed by atoms with Gasteiger partial charge in [-0.15, -0.1) is 24.0 Å². The number of nitrogens with one attached hydrogen (secondary N) is 2. The molecular formula is C17H37IN4O. The summed E-state index contributed by atoms with van der Waals surface area (Å²) < 4.78 is 5.40. The van der Waals surface area contributed by atoms with Crippen molar-refractivity contribution >= 4 is 29.9 Å². The highest BCUT2D eigenvalue weighted by Crippen LogP contribution is 2.15. The van der Waals surface area contributed by atoms with Gasteiger partial charge < -0.3 is 20.3 Å². The molecule has 1 aliphatic rings. The molecule has 1 fully saturated rings. The van der Waals surface area contributed by atoms with Crippen LogP contribution in [0.15, 0.2) is 4.99 Å². The molecule has 0 aliphatic carbocycles. The van der Waals surface area contributed by atoms with Crippen molar-refractivity contribution in [1.29, 1.82) is 0 Å². The Morgan fingerprint density at radius 1 is 1.30 bits per heavy atom. The second kappa shape index (κ2) is 12.3. The van der Waals surface area contributed by atoms with Crippen molar-refractivity contribution in [2.75, 3.05) is 46.9 Å². The van der Waals surface area contributed by atoms with Gasteiger partial charge in [0.2, 0.25) is 0 Å². The van der Waals surface area contributed by atoms with E-state index < -0.39 is 0 Å². The van der Waals surface area contributed by atoms with E-state index in [1.165, 1.54) is 45.3 Å². The zero-order chi connectivity index (χ0) is 16.4. The standard InChI is InChI=1S/C17H36N4O.HI/c1-15-9-8-12-21(13-15)11-7-6-10-19-16(18-4)20-14-17(2,3)22-5;/h15H,6-14H2,1-5H3,(H2,18,19,20);1H. The minimum absolute atomic E-state index is 0. The van der Waals surface area contributed by atoms with Crippen molar-refractivity contribution in [3.8, 4) is 0 Å². The van der Waals surface area contributed by atoms with Gasteiger partial charge in [0.25, 0.3) is 0 Å². The zero-order valence-electron chi connectivity index (χ0n) is 15.7. The van der Waals surface area contributed by atoms with Crippen LogP contribution < -0.4 is 10.6 Å². The number of rotatable bonds is 8. The number of hydrogen-bond acceptors (Lipinski definition) is 3. The lowest BCUT2D eigenvalue weighted by Gasteiger charge is -2.30. The van der Waals surface area contributed by atoms with Crippen molar-refractivity contribution in [3.05, 3.63) is 0 Å². The molecule has 2 N–H and O–H groups in total. The molecule has 0 spiro atoms. The van der Waals surface area contributed by atoms with Crippen LogP contribution in [0.5, 0.6) is 0 Å². The number of nitrogens with zero attached hydrogens (tertiary/aromatic N) is 2. The minimum atomic E-state index is -0.178. The second-order valence-corrected chi connectivity index (χ2v) is 7.07. The molecule has 1 saturated heterocycles. The summed E-state index contributed by atoms with van der Waals surface area (Å²) in [5.74, 6) is 1.73. The quantitative estimate of drug-likeness (QED) is 0.264. The lowest BCUT2D eigenvalue weighted by molar-refractivity contribution is 0.0268. The topological polar surface area (TPSA) is 48.9 Å². The summed E-state index contributed by atoms with van der Waals surface area (Å²) in [7, 11) is 3.55. The van der Waals surface area contributed by atoms with Crippen LogP contribution in [0, 0.1) is 5.92 Å². The van der Waals surface area contributed by atoms with Crippen molar-refractivity contribution in [2.45, 2.75) is 52.1 Å². The molecule has 23 heavy (non-hydrogen) atoms. The van der Waals surface area contributed by atoms with Gasteiger partial charge in [0.05, 0.1) is 5.60 Å². The van der Waals surface area contributed by atoms with Gasteiger partial charge in [0, 0.05) is 33.8 Å². The van der Waals surface area contributed by atoms with E-state index in [2.05, 4.69) is 41.3 Å². The molecule has 138 valence electrons. The summed E-state index contributed by atoms with van der Waals surface area (Å²) >= 11 is 0. The minimum Gasteiger partial charge on any atom is -0.377 e. The molecule has 0 amide bonds. The van der Waals surface area contributed by atoms with Gasteiger partial charge in [-0.2, -0.15) is 0 Å². The lowest BCUT2D eigenvalue weighted by Crippen LogP contribution is -2.45. The predicted octanol–water partition coefficient (Wildman–Crippen LogP) is 2.71. The molecule has 1 unspecified atom stereocenters. The molecule has 0 bridgehead atoms. The number of guanidine groups is 1. The van der Waals surface area contributed by atoms with Crippen molar-refractivity contribution < 1.29 is 4.74 Å². The fourth-order valence-electron chi connectivity index (χ4n) is 2.75. The molecule has 1 rings (SSSR count). The number of piperidine rings is 1. The monoisotopic (exact) mass is 440 g/mol. The van der Waals surface area contributed by atoms with Gasteiger partial charge in [-0.3, -0.25) is 4.99 Å². The maximum atomic E-state index is 5.40. The largest absolute Gasteiger partial charge is 0.377 e. The highest BCUT2D eigenvalue weighted by Gasteiger charge is 2.17. The third-order valence-electron chi connectivity index (χ3n) is 4.39. The summed E-state index contributed by atoms with van der Waals surface area (Å²) in [4.78, 5) is 6.86. The number of halogens is 1. The molecule has 1 atom stereocenters. The van der Waals surface area contributed by atoms with E-state index in [1.54, 1.807) is 7.11 Å². The van der Waals surface area contributed by atoms with E-state index in [0.29, 0.717) is 0 Å². The summed E-state index contributed by atoms with van der Waals surface area (Å²) in [5.41, 5.74) is -0.178. The molecule has 1 heterocycles. The first-order chi connectivity index (χ1) is 10.5. The van der Waals surface area contributed by atoms with Gasteiger partial charge in [-0.05, 0) is 58.5 Å². The van der Waals surface area contributed by atoms with E-state index in [-0.39, 0.29) is 29.6 Å². The molecule has 6 heteroatoms. The normalized spacial score (nSPS) is 20.0. The Labute approximate surface area is 160 Å². The van der Waals surface area contributed by atoms with Crippen LogP contribution in [-0.2, 0) is 4.74 Å². The summed E-state index contributed by atoms with van der Waals surface area (Å²) in [6.45, 7) is 12.0. The number of ether oxygens (including phenoxy) is 1. The maximum Gasteiger partial charge on any atom is 0.191 e. The average molecular weight is 440 g/mol. The molecule has 0 aromatic heterocycles. The Kier molecular flexibility index (Phi) is 12.3. The van der Waals surface area contributed by atoms with Crippen LogP contribution >= 0.6 is 24.0 Å². The number of methoxy groups -OCH3 is 1. The smallest absolute Gasteiger partial charge is 0.191 e. The first-order valence-corrected chi connectivity index (χ1v) is 8.69. The van der Waals surface area contributed by atoms with Gasteiger partial charge in [0.15, 0.2) is 5.96 Å². The van der Waals surface area contributed by atoms with E-state index >= 15 is 0 Å². The zero-order valence-corrected chi connectivity index (χ0v) is 18.0. The summed E-state index contributed by atoms with van der Waals surface area (Å²) in [6.07, 6.45) is 5.20. The molecular weight excluding hydrogens is 403 g/mol. The van der Waals surface area contributed by atoms with Crippen LogP contribution in [0.1, 0.15) is 46.5 Å². The molecule has 0 radical (unpaired) electrons. The highest BCUT2D eigenvalue weighted by atomic mass is 127. The fraction of sp³-hybridized carbons (Fsp3) is 0.941. The average Bonchev–Trinajstić information content (AvgIpc) is 2.50. The number of unbranched alkanes of at least 4 members (excludes halogenated alkanes) is 1. The van der Waals surface area contributed by atoms with Gasteiger partial charge >= 0.3 is 0 Å². The molecule has 0 aromatic carbocycles. The van der Waals surface area contributed by atoms with Gasteiger partial charge in [0.1, 0.15) is 0 Å². The Balaban J connectivity index is 0.00000484. The SMILES string of the molecule is CN=C(NCCCCN1CCCC(C)C1)NCC(C)(C)OC.I. The van der Waals surface area contributed by atoms with Crippen LogP contribution in [0.4, 0.5) is 0 Å². The van der Waals surface area contributed by atoms with Crippen LogP contribution in [0.3, 0.4) is 0 Å². The third-order valence-corrected chi connectivity index (χ3v) is 4.39. The maximum absolute atomic E-state index is 5.40. The lowest BCUT2D eigenvalue weighted by atomic mass is 10.0. The highest BCUT2D eigenvalue weighted by molar-refractivity contribution is 14.0. The summed E-state index contributed by atoms with van der Waals surface area (Å²) in [6, 6.07) is 0. The van der Waals surface area contributed by atoms with E-state index in [9.17, 15) is 0 Å². The fourth-order valence-corrected chi connectivity index (χ4v) is 2.75. The molecule has 5 nitrogen and oxygen atoms in total. The van der Waals surface area contributed by atoms with Crippen LogP contribution in [0.25, 0.3) is 0 Å². The van der Waals surface area contributed by atoms with Gasteiger partial charge in [-0.25, -0.2) is 0 Å².